The quantitative estimate of drug-likeness (QED) is 0.617. The smallest absolute Gasteiger partial charge is 0.0471 e. The monoisotopic (exact) mass is 142 g/mol. The van der Waals surface area contributed by atoms with E-state index in [4.69, 9.17) is 11.5 Å². The highest BCUT2D eigenvalue weighted by Crippen LogP contribution is 2.22. The maximum absolute atomic E-state index is 5.58. The van der Waals surface area contributed by atoms with Crippen molar-refractivity contribution < 1.29 is 0 Å². The van der Waals surface area contributed by atoms with E-state index in [1.165, 1.54) is 4.88 Å². The normalized spacial score (nSPS) is 10.0. The van der Waals surface area contributed by atoms with E-state index in [1.807, 2.05) is 13.0 Å². The number of thiophene rings is 1. The van der Waals surface area contributed by atoms with E-state index in [2.05, 4.69) is 0 Å². The highest BCUT2D eigenvalue weighted by Gasteiger charge is 1.98. The Labute approximate surface area is 58.5 Å². The average molecular weight is 142 g/mol. The van der Waals surface area contributed by atoms with Crippen molar-refractivity contribution in [3.63, 3.8) is 0 Å². The average Bonchev–Trinajstić information content (AvgIpc) is 2.10. The van der Waals surface area contributed by atoms with Crippen molar-refractivity contribution in [1.29, 1.82) is 0 Å². The maximum Gasteiger partial charge on any atom is 0.0471 e. The molecule has 2 nitrogen and oxygen atoms in total. The number of nitrogen functional groups attached to an aromatic ring is 1. The minimum Gasteiger partial charge on any atom is -0.398 e. The van der Waals surface area contributed by atoms with Crippen LogP contribution in [0.15, 0.2) is 6.07 Å². The van der Waals surface area contributed by atoms with Gasteiger partial charge in [0.1, 0.15) is 0 Å². The Hall–Kier alpha value is -0.540. The van der Waals surface area contributed by atoms with E-state index in [0.29, 0.717) is 6.54 Å². The van der Waals surface area contributed by atoms with Gasteiger partial charge in [0, 0.05) is 22.0 Å². The van der Waals surface area contributed by atoms with Gasteiger partial charge in [-0.1, -0.05) is 0 Å². The van der Waals surface area contributed by atoms with Crippen LogP contribution in [-0.2, 0) is 6.54 Å². The van der Waals surface area contributed by atoms with Gasteiger partial charge in [-0.3, -0.25) is 0 Å². The van der Waals surface area contributed by atoms with Crippen LogP contribution in [0, 0.1) is 6.92 Å². The molecule has 1 aromatic heterocycles. The molecule has 0 aliphatic rings. The van der Waals surface area contributed by atoms with Gasteiger partial charge in [-0.2, -0.15) is 0 Å². The Morgan fingerprint density at radius 1 is 1.67 bits per heavy atom. The van der Waals surface area contributed by atoms with Crippen molar-refractivity contribution in [1.82, 2.24) is 0 Å². The first-order valence-corrected chi connectivity index (χ1v) is 3.60. The van der Waals surface area contributed by atoms with E-state index in [-0.39, 0.29) is 0 Å². The Bertz CT molecular complexity index is 205. The minimum atomic E-state index is 0.560. The van der Waals surface area contributed by atoms with E-state index in [0.717, 1.165) is 10.6 Å². The van der Waals surface area contributed by atoms with Gasteiger partial charge in [0.15, 0.2) is 0 Å². The van der Waals surface area contributed by atoms with Gasteiger partial charge in [-0.05, 0) is 13.0 Å². The second kappa shape index (κ2) is 2.37. The number of nitrogens with two attached hydrogens (primary N) is 2. The third kappa shape index (κ3) is 1.23. The Kier molecular flexibility index (Phi) is 1.73. The summed E-state index contributed by atoms with van der Waals surface area (Å²) in [5.74, 6) is 0. The van der Waals surface area contributed by atoms with E-state index in [1.54, 1.807) is 11.3 Å². The van der Waals surface area contributed by atoms with Crippen LogP contribution in [0.3, 0.4) is 0 Å². The second-order valence-electron chi connectivity index (χ2n) is 1.94. The third-order valence-electron chi connectivity index (χ3n) is 1.15. The summed E-state index contributed by atoms with van der Waals surface area (Å²) in [6.45, 7) is 2.59. The molecule has 0 atom stereocenters. The molecule has 0 bridgehead atoms. The molecule has 4 N–H and O–H groups in total. The molecular weight excluding hydrogens is 132 g/mol. The lowest BCUT2D eigenvalue weighted by Crippen LogP contribution is -1.96. The zero-order valence-electron chi connectivity index (χ0n) is 5.35. The molecule has 0 aliphatic heterocycles. The second-order valence-corrected chi connectivity index (χ2v) is 3.28. The Morgan fingerprint density at radius 2 is 2.33 bits per heavy atom. The molecular formula is C6H10N2S. The Balaban J connectivity index is 3.01. The highest BCUT2D eigenvalue weighted by molar-refractivity contribution is 7.12. The third-order valence-corrected chi connectivity index (χ3v) is 2.24. The van der Waals surface area contributed by atoms with Gasteiger partial charge in [0.2, 0.25) is 0 Å². The van der Waals surface area contributed by atoms with Crippen LogP contribution in [-0.4, -0.2) is 0 Å². The lowest BCUT2D eigenvalue weighted by Gasteiger charge is -1.88. The first kappa shape index (κ1) is 6.58. The van der Waals surface area contributed by atoms with Gasteiger partial charge >= 0.3 is 0 Å². The van der Waals surface area contributed by atoms with Gasteiger partial charge in [0.05, 0.1) is 0 Å². The zero-order chi connectivity index (χ0) is 6.85. The van der Waals surface area contributed by atoms with Crippen molar-refractivity contribution >= 4 is 17.0 Å². The summed E-state index contributed by atoms with van der Waals surface area (Å²) in [4.78, 5) is 2.32. The fraction of sp³-hybridized carbons (Fsp3) is 0.333. The molecule has 1 heterocycles. The molecule has 0 amide bonds. The number of hydrogen-bond acceptors (Lipinski definition) is 3. The standard InChI is InChI=1S/C6H10N2S/c1-4-2-5(8)6(3-7)9-4/h2H,3,7-8H2,1H3. The lowest BCUT2D eigenvalue weighted by molar-refractivity contribution is 1.11. The summed E-state index contributed by atoms with van der Waals surface area (Å²) in [7, 11) is 0. The predicted octanol–water partition coefficient (Wildman–Crippen LogP) is 1.10. The summed E-state index contributed by atoms with van der Waals surface area (Å²) in [6.07, 6.45) is 0. The van der Waals surface area contributed by atoms with Crippen LogP contribution in [0.25, 0.3) is 0 Å². The van der Waals surface area contributed by atoms with Gasteiger partial charge in [-0.15, -0.1) is 11.3 Å². The molecule has 1 rings (SSSR count). The van der Waals surface area contributed by atoms with E-state index >= 15 is 0 Å². The summed E-state index contributed by atoms with van der Waals surface area (Å²) >= 11 is 1.66. The molecule has 0 unspecified atom stereocenters. The van der Waals surface area contributed by atoms with Crippen LogP contribution < -0.4 is 11.5 Å². The molecule has 0 saturated heterocycles. The number of aryl methyl sites for hydroxylation is 1. The molecule has 1 aromatic rings. The fourth-order valence-corrected chi connectivity index (χ4v) is 1.58. The molecule has 0 aliphatic carbocycles. The molecule has 0 saturated carbocycles. The van der Waals surface area contributed by atoms with Crippen LogP contribution in [0.4, 0.5) is 5.69 Å². The largest absolute Gasteiger partial charge is 0.398 e. The predicted molar refractivity (Wildman–Crippen MR) is 41.4 cm³/mol. The lowest BCUT2D eigenvalue weighted by atomic mass is 10.4. The summed E-state index contributed by atoms with van der Waals surface area (Å²) < 4.78 is 0. The SMILES string of the molecule is Cc1cc(N)c(CN)s1. The summed E-state index contributed by atoms with van der Waals surface area (Å²) in [6, 6.07) is 1.95. The number of anilines is 1. The van der Waals surface area contributed by atoms with Crippen molar-refractivity contribution in [2.75, 3.05) is 5.73 Å². The van der Waals surface area contributed by atoms with Crippen LogP contribution in [0.1, 0.15) is 9.75 Å². The topological polar surface area (TPSA) is 52.0 Å². The van der Waals surface area contributed by atoms with Gasteiger partial charge in [0.25, 0.3) is 0 Å². The number of hydrogen-bond donors (Lipinski definition) is 2. The first-order valence-electron chi connectivity index (χ1n) is 2.79. The van der Waals surface area contributed by atoms with Gasteiger partial charge in [-0.25, -0.2) is 0 Å². The van der Waals surface area contributed by atoms with Crippen molar-refractivity contribution in [3.8, 4) is 0 Å². The van der Waals surface area contributed by atoms with Crippen molar-refractivity contribution in [3.05, 3.63) is 15.8 Å². The Morgan fingerprint density at radius 3 is 2.56 bits per heavy atom. The van der Waals surface area contributed by atoms with E-state index < -0.39 is 0 Å². The molecule has 3 heteroatoms. The molecule has 50 valence electrons. The van der Waals surface area contributed by atoms with Crippen LogP contribution >= 0.6 is 11.3 Å². The summed E-state index contributed by atoms with van der Waals surface area (Å²) in [5.41, 5.74) is 11.8. The van der Waals surface area contributed by atoms with Crippen LogP contribution in [0.5, 0.6) is 0 Å². The molecule has 9 heavy (non-hydrogen) atoms. The summed E-state index contributed by atoms with van der Waals surface area (Å²) in [5, 5.41) is 0. The van der Waals surface area contributed by atoms with Crippen LogP contribution in [0.2, 0.25) is 0 Å². The molecule has 0 fully saturated rings. The molecule has 0 aromatic carbocycles. The fourth-order valence-electron chi connectivity index (χ4n) is 0.742. The van der Waals surface area contributed by atoms with Crippen molar-refractivity contribution in [2.45, 2.75) is 13.5 Å². The minimum absolute atomic E-state index is 0.560. The highest BCUT2D eigenvalue weighted by atomic mass is 32.1. The first-order chi connectivity index (χ1) is 4.24. The maximum atomic E-state index is 5.58. The van der Waals surface area contributed by atoms with Crippen molar-refractivity contribution in [2.24, 2.45) is 5.73 Å². The zero-order valence-corrected chi connectivity index (χ0v) is 6.16. The van der Waals surface area contributed by atoms with E-state index in [9.17, 15) is 0 Å². The molecule has 0 radical (unpaired) electrons. The number of rotatable bonds is 1. The van der Waals surface area contributed by atoms with Gasteiger partial charge < -0.3 is 11.5 Å². The molecule has 0 spiro atoms.